The van der Waals surface area contributed by atoms with Crippen molar-refractivity contribution in [2.24, 2.45) is 0 Å². The minimum Gasteiger partial charge on any atom is -0.497 e. The van der Waals surface area contributed by atoms with Crippen LogP contribution >= 0.6 is 0 Å². The van der Waals surface area contributed by atoms with E-state index in [1.54, 1.807) is 7.11 Å². The highest BCUT2D eigenvalue weighted by atomic mass is 16.5. The normalized spacial score (nSPS) is 11.3. The fourth-order valence-electron chi connectivity index (χ4n) is 2.69. The van der Waals surface area contributed by atoms with E-state index in [1.165, 1.54) is 0 Å². The average Bonchev–Trinajstić information content (AvgIpc) is 2.60. The van der Waals surface area contributed by atoms with Gasteiger partial charge in [0.15, 0.2) is 0 Å². The molecule has 0 aliphatic rings. The minimum absolute atomic E-state index is 0.0697. The number of carbonyl (C=O) groups is 1. The number of nitrogens with one attached hydrogen (secondary N) is 1. The first kappa shape index (κ1) is 18.8. The number of hydrogen-bond donors (Lipinski definition) is 1. The number of carbonyl (C=O) groups excluding carboxylic acids is 1. The number of benzene rings is 2. The zero-order valence-corrected chi connectivity index (χ0v) is 15.7. The van der Waals surface area contributed by atoms with E-state index >= 15 is 0 Å². The van der Waals surface area contributed by atoms with Gasteiger partial charge in [0.05, 0.1) is 12.6 Å². The third-order valence-corrected chi connectivity index (χ3v) is 4.31. The maximum absolute atomic E-state index is 12.9. The van der Waals surface area contributed by atoms with Crippen LogP contribution < -0.4 is 10.1 Å². The molecule has 0 aliphatic carbocycles. The molecular weight excluding hydrogens is 312 g/mol. The van der Waals surface area contributed by atoms with Crippen LogP contribution in [0.1, 0.15) is 38.8 Å². The Morgan fingerprint density at radius 2 is 1.68 bits per heavy atom. The van der Waals surface area contributed by atoms with Crippen molar-refractivity contribution >= 4 is 6.03 Å². The Hall–Kier alpha value is -2.49. The van der Waals surface area contributed by atoms with E-state index in [2.05, 4.69) is 5.32 Å². The predicted molar refractivity (Wildman–Crippen MR) is 102 cm³/mol. The summed E-state index contributed by atoms with van der Waals surface area (Å²) in [5.74, 6) is 0.804. The lowest BCUT2D eigenvalue weighted by Crippen LogP contribution is -2.50. The van der Waals surface area contributed by atoms with Crippen LogP contribution in [0.25, 0.3) is 0 Å². The lowest BCUT2D eigenvalue weighted by molar-refractivity contribution is 0.169. The standard InChI is InChI=1S/C21H28N2O2/c1-16(2)23(15-17-9-7-6-8-10-17)20(24)22-21(3,4)18-11-13-19(25-5)14-12-18/h6-14,16H,15H2,1-5H3,(H,22,24). The van der Waals surface area contributed by atoms with Gasteiger partial charge in [-0.3, -0.25) is 0 Å². The van der Waals surface area contributed by atoms with Crippen LogP contribution in [0.5, 0.6) is 5.75 Å². The van der Waals surface area contributed by atoms with Crippen LogP contribution in [0.2, 0.25) is 0 Å². The highest BCUT2D eigenvalue weighted by molar-refractivity contribution is 5.75. The molecule has 134 valence electrons. The highest BCUT2D eigenvalue weighted by Crippen LogP contribution is 2.23. The molecule has 2 rings (SSSR count). The Bertz CT molecular complexity index is 679. The Labute approximate surface area is 150 Å². The minimum atomic E-state index is -0.479. The molecule has 2 aromatic carbocycles. The van der Waals surface area contributed by atoms with Crippen LogP contribution in [0, 0.1) is 0 Å². The van der Waals surface area contributed by atoms with Gasteiger partial charge in [-0.1, -0.05) is 42.5 Å². The number of rotatable bonds is 6. The van der Waals surface area contributed by atoms with Crippen molar-refractivity contribution in [2.45, 2.75) is 45.8 Å². The Kier molecular flexibility index (Phi) is 6.07. The van der Waals surface area contributed by atoms with Gasteiger partial charge in [0.2, 0.25) is 0 Å². The van der Waals surface area contributed by atoms with Gasteiger partial charge in [0, 0.05) is 12.6 Å². The summed E-state index contributed by atoms with van der Waals surface area (Å²) in [6, 6.07) is 17.9. The van der Waals surface area contributed by atoms with E-state index in [-0.39, 0.29) is 12.1 Å². The Balaban J connectivity index is 2.12. The number of hydrogen-bond acceptors (Lipinski definition) is 2. The maximum Gasteiger partial charge on any atom is 0.318 e. The molecule has 25 heavy (non-hydrogen) atoms. The van der Waals surface area contributed by atoms with Crippen LogP contribution in [-0.2, 0) is 12.1 Å². The Morgan fingerprint density at radius 1 is 1.08 bits per heavy atom. The summed E-state index contributed by atoms with van der Waals surface area (Å²) >= 11 is 0. The number of nitrogens with zero attached hydrogens (tertiary/aromatic N) is 1. The maximum atomic E-state index is 12.9. The second-order valence-corrected chi connectivity index (χ2v) is 6.99. The molecule has 0 atom stereocenters. The quantitative estimate of drug-likeness (QED) is 0.838. The summed E-state index contributed by atoms with van der Waals surface area (Å²) in [6.45, 7) is 8.66. The number of methoxy groups -OCH3 is 1. The van der Waals surface area contributed by atoms with Gasteiger partial charge >= 0.3 is 6.03 Å². The molecule has 4 heteroatoms. The molecular formula is C21H28N2O2. The van der Waals surface area contributed by atoms with E-state index in [0.29, 0.717) is 6.54 Å². The summed E-state index contributed by atoms with van der Waals surface area (Å²) < 4.78 is 5.20. The van der Waals surface area contributed by atoms with Crippen molar-refractivity contribution < 1.29 is 9.53 Å². The van der Waals surface area contributed by atoms with E-state index in [9.17, 15) is 4.79 Å². The topological polar surface area (TPSA) is 41.6 Å². The van der Waals surface area contributed by atoms with Crippen molar-refractivity contribution in [3.63, 3.8) is 0 Å². The summed E-state index contributed by atoms with van der Waals surface area (Å²) in [5, 5.41) is 3.16. The Morgan fingerprint density at radius 3 is 2.20 bits per heavy atom. The van der Waals surface area contributed by atoms with E-state index in [4.69, 9.17) is 4.74 Å². The van der Waals surface area contributed by atoms with E-state index in [0.717, 1.165) is 16.9 Å². The molecule has 0 aliphatic heterocycles. The average molecular weight is 340 g/mol. The van der Waals surface area contributed by atoms with Crippen molar-refractivity contribution in [3.8, 4) is 5.75 Å². The molecule has 0 bridgehead atoms. The molecule has 0 spiro atoms. The zero-order chi connectivity index (χ0) is 18.4. The lowest BCUT2D eigenvalue weighted by atomic mass is 9.94. The second-order valence-electron chi connectivity index (χ2n) is 6.99. The van der Waals surface area contributed by atoms with Crippen molar-refractivity contribution in [3.05, 3.63) is 65.7 Å². The largest absolute Gasteiger partial charge is 0.497 e. The number of amides is 2. The zero-order valence-electron chi connectivity index (χ0n) is 15.7. The highest BCUT2D eigenvalue weighted by Gasteiger charge is 2.27. The summed E-state index contributed by atoms with van der Waals surface area (Å²) in [7, 11) is 1.64. The summed E-state index contributed by atoms with van der Waals surface area (Å²) in [6.07, 6.45) is 0. The molecule has 2 amide bonds. The fourth-order valence-corrected chi connectivity index (χ4v) is 2.69. The van der Waals surface area contributed by atoms with Crippen molar-refractivity contribution in [1.82, 2.24) is 10.2 Å². The van der Waals surface area contributed by atoms with Crippen LogP contribution in [0.4, 0.5) is 4.79 Å². The molecule has 2 aromatic rings. The first-order valence-corrected chi connectivity index (χ1v) is 8.60. The second kappa shape index (κ2) is 8.06. The van der Waals surface area contributed by atoms with Crippen molar-refractivity contribution in [2.75, 3.05) is 7.11 Å². The van der Waals surface area contributed by atoms with Crippen LogP contribution in [-0.4, -0.2) is 24.1 Å². The first-order chi connectivity index (χ1) is 11.8. The monoisotopic (exact) mass is 340 g/mol. The molecule has 0 saturated heterocycles. The smallest absolute Gasteiger partial charge is 0.318 e. The SMILES string of the molecule is COc1ccc(C(C)(C)NC(=O)N(Cc2ccccc2)C(C)C)cc1. The van der Waals surface area contributed by atoms with Gasteiger partial charge in [0.1, 0.15) is 5.75 Å². The third-order valence-electron chi connectivity index (χ3n) is 4.31. The van der Waals surface area contributed by atoms with E-state index in [1.807, 2.05) is 87.2 Å². The number of ether oxygens (including phenoxy) is 1. The van der Waals surface area contributed by atoms with Gasteiger partial charge in [-0.05, 0) is 51.0 Å². The summed E-state index contributed by atoms with van der Waals surface area (Å²) in [4.78, 5) is 14.7. The molecule has 1 N–H and O–H groups in total. The first-order valence-electron chi connectivity index (χ1n) is 8.60. The van der Waals surface area contributed by atoms with Crippen molar-refractivity contribution in [1.29, 1.82) is 0 Å². The fraction of sp³-hybridized carbons (Fsp3) is 0.381. The van der Waals surface area contributed by atoms with Gasteiger partial charge in [-0.15, -0.1) is 0 Å². The van der Waals surface area contributed by atoms with E-state index < -0.39 is 5.54 Å². The molecule has 0 saturated carbocycles. The molecule has 4 nitrogen and oxygen atoms in total. The van der Waals surface area contributed by atoms with Crippen LogP contribution in [0.3, 0.4) is 0 Å². The lowest BCUT2D eigenvalue weighted by Gasteiger charge is -2.33. The van der Waals surface area contributed by atoms with Crippen LogP contribution in [0.15, 0.2) is 54.6 Å². The molecule has 0 unspecified atom stereocenters. The molecule has 0 radical (unpaired) electrons. The third kappa shape index (κ3) is 4.99. The van der Waals surface area contributed by atoms with Gasteiger partial charge < -0.3 is 15.0 Å². The summed E-state index contributed by atoms with van der Waals surface area (Å²) in [5.41, 5.74) is 1.67. The molecule has 0 aromatic heterocycles. The molecule has 0 heterocycles. The van der Waals surface area contributed by atoms with Gasteiger partial charge in [-0.25, -0.2) is 4.79 Å². The van der Waals surface area contributed by atoms with Gasteiger partial charge in [0.25, 0.3) is 0 Å². The molecule has 0 fully saturated rings. The predicted octanol–water partition coefficient (Wildman–Crippen LogP) is 4.55. The van der Waals surface area contributed by atoms with Gasteiger partial charge in [-0.2, -0.15) is 0 Å². The number of urea groups is 1.